The second kappa shape index (κ2) is 16.1. The molecule has 0 atom stereocenters. The summed E-state index contributed by atoms with van der Waals surface area (Å²) in [5.74, 6) is 0. The predicted molar refractivity (Wildman–Crippen MR) is 221 cm³/mol. The van der Waals surface area contributed by atoms with E-state index in [4.69, 9.17) is 0 Å². The van der Waals surface area contributed by atoms with Crippen molar-refractivity contribution in [2.24, 2.45) is 0 Å². The Labute approximate surface area is 343 Å². The number of hydrogen-bond donors (Lipinski definition) is 0. The van der Waals surface area contributed by atoms with Gasteiger partial charge in [-0.3, -0.25) is 0 Å². The summed E-state index contributed by atoms with van der Waals surface area (Å²) in [7, 11) is 0. The first-order valence-corrected chi connectivity index (χ1v) is 22.7. The molecule has 54 heavy (non-hydrogen) atoms. The molecular formula is C51H48Cl2Zr. The minimum Gasteiger partial charge on any atom is -1.00 e. The second-order valence-corrected chi connectivity index (χ2v) is 22.6. The Hall–Kier alpha value is -3.87. The van der Waals surface area contributed by atoms with Gasteiger partial charge in [-0.1, -0.05) is 0 Å². The molecule has 3 heteroatoms. The average Bonchev–Trinajstić information content (AvgIpc) is 3.82. The van der Waals surface area contributed by atoms with Crippen molar-refractivity contribution in [1.29, 1.82) is 0 Å². The summed E-state index contributed by atoms with van der Waals surface area (Å²) in [5.41, 5.74) is 16.9. The van der Waals surface area contributed by atoms with E-state index in [1.165, 1.54) is 61.2 Å². The van der Waals surface area contributed by atoms with E-state index < -0.39 is 21.3 Å². The molecule has 6 aromatic carbocycles. The fourth-order valence-corrected chi connectivity index (χ4v) is 17.2. The van der Waals surface area contributed by atoms with E-state index in [0.29, 0.717) is 3.63 Å². The van der Waals surface area contributed by atoms with Gasteiger partial charge in [-0.05, 0) is 0 Å². The van der Waals surface area contributed by atoms with Gasteiger partial charge in [0.05, 0.1) is 0 Å². The Morgan fingerprint density at radius 3 is 1.48 bits per heavy atom. The Kier molecular flexibility index (Phi) is 11.9. The Bertz CT molecular complexity index is 2300. The Morgan fingerprint density at radius 2 is 0.981 bits per heavy atom. The van der Waals surface area contributed by atoms with Crippen LogP contribution in [-0.4, -0.2) is 3.21 Å². The van der Waals surface area contributed by atoms with Crippen molar-refractivity contribution in [3.63, 3.8) is 0 Å². The molecule has 0 saturated carbocycles. The van der Waals surface area contributed by atoms with E-state index in [1.54, 1.807) is 12.0 Å². The summed E-state index contributed by atoms with van der Waals surface area (Å²) in [4.78, 5) is 0. The maximum absolute atomic E-state index is 2.97. The monoisotopic (exact) mass is 820 g/mol. The van der Waals surface area contributed by atoms with Crippen LogP contribution < -0.4 is 28.1 Å². The van der Waals surface area contributed by atoms with Gasteiger partial charge in [-0.2, -0.15) is 0 Å². The molecule has 0 amide bonds. The molecule has 0 spiro atoms. The summed E-state index contributed by atoms with van der Waals surface area (Å²) in [6.07, 6.45) is 10.6. The van der Waals surface area contributed by atoms with Crippen LogP contribution in [0.2, 0.25) is 3.63 Å². The SMILES string of the molecule is CC(C)(C)c1cc2c(cc1-c1ccccc1)Cc1c-2cc(C(C)(C)C)c(-c2ccccc2)[c]1[Zr+2](=[C](c1ccccc1)c1ccccc1)[CH]1C=CC=C1.[Cl-].[Cl-]. The van der Waals surface area contributed by atoms with Crippen molar-refractivity contribution in [2.75, 3.05) is 0 Å². The van der Waals surface area contributed by atoms with Crippen LogP contribution in [0.5, 0.6) is 0 Å². The third-order valence-corrected chi connectivity index (χ3v) is 18.9. The normalized spacial score (nSPS) is 13.0. The summed E-state index contributed by atoms with van der Waals surface area (Å²) < 4.78 is 3.63. The van der Waals surface area contributed by atoms with Crippen LogP contribution in [0.4, 0.5) is 0 Å². The third-order valence-electron chi connectivity index (χ3n) is 10.8. The molecule has 2 aliphatic rings. The standard InChI is InChI=1S/C33H33.C13H10.C5H5.2ClH.Zr/c1-32(2,3)30-20-26-24(18-28(30)22-13-9-7-10-14-22)17-25-19-29(23-15-11-8-12-16-23)31(21-27(25)26)33(4,5)6;1-3-7-12(8-4-1)11-13-9-5-2-6-10-13;1-2-4-5-3-1;;;/h7-16,18,20-21H,17H2,1-6H3;1-10H;1-5H;2*1H;/q;;;;;+2/p-2. The van der Waals surface area contributed by atoms with E-state index in [0.717, 1.165) is 6.42 Å². The van der Waals surface area contributed by atoms with Gasteiger partial charge >= 0.3 is 321 Å². The number of fused-ring (bicyclic) bond motifs is 3. The molecule has 0 aliphatic heterocycles. The number of benzene rings is 6. The molecule has 2 aliphatic carbocycles. The van der Waals surface area contributed by atoms with Crippen molar-refractivity contribution in [2.45, 2.75) is 62.4 Å². The second-order valence-electron chi connectivity index (χ2n) is 16.5. The average molecular weight is 823 g/mol. The molecule has 0 saturated heterocycles. The summed E-state index contributed by atoms with van der Waals surface area (Å²) >= 11 is -2.97. The minimum atomic E-state index is -2.97. The van der Waals surface area contributed by atoms with Crippen LogP contribution in [0, 0.1) is 0 Å². The van der Waals surface area contributed by atoms with Crippen LogP contribution >= 0.6 is 0 Å². The van der Waals surface area contributed by atoms with Gasteiger partial charge in [-0.25, -0.2) is 0 Å². The number of allylic oxidation sites excluding steroid dienone is 4. The van der Waals surface area contributed by atoms with Gasteiger partial charge < -0.3 is 24.8 Å². The summed E-state index contributed by atoms with van der Waals surface area (Å²) in [5, 5.41) is 0. The zero-order valence-corrected chi connectivity index (χ0v) is 36.1. The number of rotatable bonds is 6. The topological polar surface area (TPSA) is 0 Å². The molecule has 6 aromatic rings. The molecule has 0 unspecified atom stereocenters. The van der Waals surface area contributed by atoms with E-state index >= 15 is 0 Å². The molecule has 0 aromatic heterocycles. The smallest absolute Gasteiger partial charge is 1.00 e. The van der Waals surface area contributed by atoms with Gasteiger partial charge in [0.2, 0.25) is 0 Å². The van der Waals surface area contributed by atoms with Crippen molar-refractivity contribution in [3.8, 4) is 33.4 Å². The van der Waals surface area contributed by atoms with Crippen LogP contribution in [0.15, 0.2) is 164 Å². The number of hydrogen-bond acceptors (Lipinski definition) is 0. The molecular weight excluding hydrogens is 775 g/mol. The molecule has 270 valence electrons. The van der Waals surface area contributed by atoms with Gasteiger partial charge in [0.25, 0.3) is 0 Å². The van der Waals surface area contributed by atoms with Crippen molar-refractivity contribution in [3.05, 3.63) is 197 Å². The first-order valence-electron chi connectivity index (χ1n) is 18.8. The first kappa shape index (κ1) is 39.8. The zero-order chi connectivity index (χ0) is 36.0. The van der Waals surface area contributed by atoms with Gasteiger partial charge in [0.15, 0.2) is 0 Å². The van der Waals surface area contributed by atoms with E-state index in [9.17, 15) is 0 Å². The van der Waals surface area contributed by atoms with E-state index in [2.05, 4.69) is 205 Å². The van der Waals surface area contributed by atoms with Crippen molar-refractivity contribution < 1.29 is 46.1 Å². The minimum absolute atomic E-state index is 0. The van der Waals surface area contributed by atoms with Crippen LogP contribution in [0.3, 0.4) is 0 Å². The molecule has 0 nitrogen and oxygen atoms in total. The van der Waals surface area contributed by atoms with Crippen LogP contribution in [-0.2, 0) is 38.5 Å². The fraction of sp³-hybridized carbons (Fsp3) is 0.196. The molecule has 0 fully saturated rings. The maximum Gasteiger partial charge on any atom is -1.00 e. The summed E-state index contributed by atoms with van der Waals surface area (Å²) in [6.45, 7) is 14.3. The molecule has 0 radical (unpaired) electrons. The maximum atomic E-state index is 2.60. The summed E-state index contributed by atoms with van der Waals surface area (Å²) in [6, 6.07) is 52.7. The number of halogens is 2. The van der Waals surface area contributed by atoms with Gasteiger partial charge in [0.1, 0.15) is 0 Å². The first-order chi connectivity index (χ1) is 25.1. The third kappa shape index (κ3) is 7.53. The predicted octanol–water partition coefficient (Wildman–Crippen LogP) is 6.62. The van der Waals surface area contributed by atoms with Crippen LogP contribution in [0.1, 0.15) is 74.9 Å². The molecule has 0 N–H and O–H groups in total. The molecule has 8 rings (SSSR count). The van der Waals surface area contributed by atoms with E-state index in [1.807, 2.05) is 0 Å². The molecule has 0 bridgehead atoms. The van der Waals surface area contributed by atoms with Crippen LogP contribution in [0.25, 0.3) is 33.4 Å². The molecule has 0 heterocycles. The van der Waals surface area contributed by atoms with Crippen molar-refractivity contribution in [1.82, 2.24) is 0 Å². The zero-order valence-electron chi connectivity index (χ0n) is 32.1. The Morgan fingerprint density at radius 1 is 0.519 bits per heavy atom. The fourth-order valence-electron chi connectivity index (χ4n) is 8.42. The van der Waals surface area contributed by atoms with Crippen molar-refractivity contribution >= 4 is 6.48 Å². The Balaban J connectivity index is 0.00000249. The quantitative estimate of drug-likeness (QED) is 0.177. The van der Waals surface area contributed by atoms with E-state index in [-0.39, 0.29) is 35.6 Å². The van der Waals surface area contributed by atoms with Gasteiger partial charge in [0, 0.05) is 0 Å². The largest absolute Gasteiger partial charge is 1.00 e. The van der Waals surface area contributed by atoms with Gasteiger partial charge in [-0.15, -0.1) is 0 Å².